The largest absolute Gasteiger partial charge is 0.374 e. The van der Waals surface area contributed by atoms with Crippen LogP contribution >= 0.6 is 11.6 Å². The second kappa shape index (κ2) is 8.00. The number of hydrogen-bond donors (Lipinski definition) is 1. The minimum absolute atomic E-state index is 0.106. The van der Waals surface area contributed by atoms with Gasteiger partial charge in [-0.15, -0.1) is 0 Å². The number of nitrogens with one attached hydrogen (secondary N) is 1. The summed E-state index contributed by atoms with van der Waals surface area (Å²) in [7, 11) is 0. The Morgan fingerprint density at radius 2 is 2.09 bits per heavy atom. The molecule has 0 aliphatic carbocycles. The fourth-order valence-corrected chi connectivity index (χ4v) is 2.62. The highest BCUT2D eigenvalue weighted by molar-refractivity contribution is 6.31. The minimum Gasteiger partial charge on any atom is -0.374 e. The summed E-state index contributed by atoms with van der Waals surface area (Å²) in [6, 6.07) is 7.27. The fourth-order valence-electron chi connectivity index (χ4n) is 2.45. The van der Waals surface area contributed by atoms with Crippen LogP contribution in [0.1, 0.15) is 12.5 Å². The van der Waals surface area contributed by atoms with Crippen LogP contribution in [0.3, 0.4) is 0 Å². The lowest BCUT2D eigenvalue weighted by Gasteiger charge is -2.33. The van der Waals surface area contributed by atoms with E-state index in [4.69, 9.17) is 11.6 Å². The summed E-state index contributed by atoms with van der Waals surface area (Å²) < 4.78 is 0. The molecule has 23 heavy (non-hydrogen) atoms. The maximum absolute atomic E-state index is 12.3. The van der Waals surface area contributed by atoms with Crippen molar-refractivity contribution in [2.45, 2.75) is 13.8 Å². The number of rotatable bonds is 4. The van der Waals surface area contributed by atoms with Gasteiger partial charge in [-0.1, -0.05) is 24.6 Å². The van der Waals surface area contributed by atoms with Crippen molar-refractivity contribution < 1.29 is 4.79 Å². The topological polar surface area (TPSA) is 59.4 Å². The molecule has 6 heteroatoms. The van der Waals surface area contributed by atoms with Crippen LogP contribution < -0.4 is 5.32 Å². The van der Waals surface area contributed by atoms with Gasteiger partial charge in [-0.3, -0.25) is 4.79 Å². The lowest BCUT2D eigenvalue weighted by molar-refractivity contribution is -0.112. The second-order valence-corrected chi connectivity index (χ2v) is 5.97. The van der Waals surface area contributed by atoms with Crippen molar-refractivity contribution in [3.8, 4) is 6.07 Å². The average Bonchev–Trinajstić information content (AvgIpc) is 2.56. The van der Waals surface area contributed by atoms with Crippen LogP contribution in [0, 0.1) is 18.3 Å². The van der Waals surface area contributed by atoms with Crippen molar-refractivity contribution in [1.29, 1.82) is 5.26 Å². The zero-order chi connectivity index (χ0) is 16.8. The quantitative estimate of drug-likeness (QED) is 0.680. The molecule has 0 bridgehead atoms. The number of piperazine rings is 1. The highest BCUT2D eigenvalue weighted by Gasteiger charge is 2.16. The predicted octanol–water partition coefficient (Wildman–Crippen LogP) is 2.63. The average molecular weight is 333 g/mol. The van der Waals surface area contributed by atoms with E-state index in [0.717, 1.165) is 38.3 Å². The molecule has 0 aromatic heterocycles. The van der Waals surface area contributed by atoms with E-state index in [1.807, 2.05) is 24.0 Å². The van der Waals surface area contributed by atoms with Crippen LogP contribution in [0.5, 0.6) is 0 Å². The SMILES string of the molecule is CCN1CCN(/C=C(/C#N)C(=O)Nc2cc(Cl)ccc2C)CC1. The van der Waals surface area contributed by atoms with E-state index in [0.29, 0.717) is 10.7 Å². The predicted molar refractivity (Wildman–Crippen MR) is 92.2 cm³/mol. The van der Waals surface area contributed by atoms with E-state index in [-0.39, 0.29) is 5.57 Å². The van der Waals surface area contributed by atoms with Crippen molar-refractivity contribution in [2.75, 3.05) is 38.0 Å². The lowest BCUT2D eigenvalue weighted by atomic mass is 10.2. The van der Waals surface area contributed by atoms with Crippen LogP contribution in [0.4, 0.5) is 5.69 Å². The Morgan fingerprint density at radius 3 is 2.70 bits per heavy atom. The fraction of sp³-hybridized carbons (Fsp3) is 0.412. The third kappa shape index (κ3) is 4.72. The first-order chi connectivity index (χ1) is 11.0. The van der Waals surface area contributed by atoms with Crippen molar-refractivity contribution in [1.82, 2.24) is 9.80 Å². The van der Waals surface area contributed by atoms with Crippen LogP contribution in [0.25, 0.3) is 0 Å². The molecule has 1 aromatic carbocycles. The van der Waals surface area contributed by atoms with Gasteiger partial charge >= 0.3 is 0 Å². The first kappa shape index (κ1) is 17.3. The van der Waals surface area contributed by atoms with Gasteiger partial charge in [0.1, 0.15) is 11.6 Å². The molecule has 1 amide bonds. The van der Waals surface area contributed by atoms with Crippen LogP contribution in [0.15, 0.2) is 30.0 Å². The summed E-state index contributed by atoms with van der Waals surface area (Å²) in [5.41, 5.74) is 1.63. The van der Waals surface area contributed by atoms with Crippen molar-refractivity contribution >= 4 is 23.2 Å². The Hall–Kier alpha value is -2.03. The molecule has 1 heterocycles. The molecular weight excluding hydrogens is 312 g/mol. The second-order valence-electron chi connectivity index (χ2n) is 5.54. The molecule has 0 spiro atoms. The first-order valence-corrected chi connectivity index (χ1v) is 8.07. The third-order valence-electron chi connectivity index (χ3n) is 3.98. The number of anilines is 1. The van der Waals surface area contributed by atoms with Crippen molar-refractivity contribution in [3.63, 3.8) is 0 Å². The number of nitriles is 1. The van der Waals surface area contributed by atoms with Gasteiger partial charge < -0.3 is 15.1 Å². The number of benzene rings is 1. The summed E-state index contributed by atoms with van der Waals surface area (Å²) in [6.07, 6.45) is 1.65. The van der Waals surface area contributed by atoms with Gasteiger partial charge in [0.25, 0.3) is 5.91 Å². The molecule has 1 aromatic rings. The Kier molecular flexibility index (Phi) is 6.03. The summed E-state index contributed by atoms with van der Waals surface area (Å²) in [6.45, 7) is 8.57. The van der Waals surface area contributed by atoms with Gasteiger partial charge in [-0.25, -0.2) is 0 Å². The molecule has 1 aliphatic heterocycles. The van der Waals surface area contributed by atoms with E-state index < -0.39 is 5.91 Å². The van der Waals surface area contributed by atoms with Crippen LogP contribution in [-0.4, -0.2) is 48.4 Å². The van der Waals surface area contributed by atoms with Crippen LogP contribution in [-0.2, 0) is 4.79 Å². The van der Waals surface area contributed by atoms with Crippen molar-refractivity contribution in [2.24, 2.45) is 0 Å². The molecule has 2 rings (SSSR count). The standard InChI is InChI=1S/C17H21ClN4O/c1-3-21-6-8-22(9-7-21)12-14(11-19)17(23)20-16-10-15(18)5-4-13(16)2/h4-5,10,12H,3,6-9H2,1-2H3,(H,20,23)/b14-12-. The number of nitrogens with zero attached hydrogens (tertiary/aromatic N) is 3. The molecule has 1 saturated heterocycles. The maximum atomic E-state index is 12.3. The van der Waals surface area contributed by atoms with E-state index in [1.165, 1.54) is 0 Å². The van der Waals surface area contributed by atoms with Gasteiger partial charge in [0.05, 0.1) is 0 Å². The highest BCUT2D eigenvalue weighted by Crippen LogP contribution is 2.20. The molecule has 0 saturated carbocycles. The normalized spacial score (nSPS) is 16.1. The molecule has 1 fully saturated rings. The smallest absolute Gasteiger partial charge is 0.267 e. The molecule has 0 radical (unpaired) electrons. The molecule has 1 N–H and O–H groups in total. The molecule has 0 atom stereocenters. The van der Waals surface area contributed by atoms with E-state index in [2.05, 4.69) is 17.1 Å². The Labute approximate surface area is 142 Å². The summed E-state index contributed by atoms with van der Waals surface area (Å²) in [4.78, 5) is 16.7. The molecule has 1 aliphatic rings. The highest BCUT2D eigenvalue weighted by atomic mass is 35.5. The number of likely N-dealkylation sites (N-methyl/N-ethyl adjacent to an activating group) is 1. The summed E-state index contributed by atoms with van der Waals surface area (Å²) in [5, 5.41) is 12.6. The monoisotopic (exact) mass is 332 g/mol. The maximum Gasteiger partial charge on any atom is 0.267 e. The molecule has 5 nitrogen and oxygen atoms in total. The third-order valence-corrected chi connectivity index (χ3v) is 4.21. The lowest BCUT2D eigenvalue weighted by Crippen LogP contribution is -2.44. The van der Waals surface area contributed by atoms with Gasteiger partial charge in [-0.05, 0) is 31.2 Å². The minimum atomic E-state index is -0.407. The van der Waals surface area contributed by atoms with E-state index in [1.54, 1.807) is 18.3 Å². The van der Waals surface area contributed by atoms with Crippen molar-refractivity contribution in [3.05, 3.63) is 40.6 Å². The van der Waals surface area contributed by atoms with Crippen LogP contribution in [0.2, 0.25) is 5.02 Å². The zero-order valence-corrected chi connectivity index (χ0v) is 14.2. The number of hydrogen-bond acceptors (Lipinski definition) is 4. The van der Waals surface area contributed by atoms with E-state index >= 15 is 0 Å². The van der Waals surface area contributed by atoms with Gasteiger partial charge in [-0.2, -0.15) is 5.26 Å². The van der Waals surface area contributed by atoms with Gasteiger partial charge in [0.15, 0.2) is 0 Å². The Balaban J connectivity index is 2.05. The van der Waals surface area contributed by atoms with Gasteiger partial charge in [0, 0.05) is 43.1 Å². The Bertz CT molecular complexity index is 642. The van der Waals surface area contributed by atoms with Gasteiger partial charge in [0.2, 0.25) is 0 Å². The number of carbonyl (C=O) groups excluding carboxylic acids is 1. The zero-order valence-electron chi connectivity index (χ0n) is 13.5. The molecule has 0 unspecified atom stereocenters. The summed E-state index contributed by atoms with van der Waals surface area (Å²) >= 11 is 5.95. The number of carbonyl (C=O) groups is 1. The number of amides is 1. The number of halogens is 1. The molecule has 122 valence electrons. The molecular formula is C17H21ClN4O. The van der Waals surface area contributed by atoms with E-state index in [9.17, 15) is 10.1 Å². The number of aryl methyl sites for hydroxylation is 1. The first-order valence-electron chi connectivity index (χ1n) is 7.69. The Morgan fingerprint density at radius 1 is 1.39 bits per heavy atom. The summed E-state index contributed by atoms with van der Waals surface area (Å²) in [5.74, 6) is -0.407.